The summed E-state index contributed by atoms with van der Waals surface area (Å²) in [5.74, 6) is 0.883. The lowest BCUT2D eigenvalue weighted by Gasteiger charge is -2.29. The Kier molecular flexibility index (Phi) is 7.03. The van der Waals surface area contributed by atoms with E-state index < -0.39 is 0 Å². The van der Waals surface area contributed by atoms with E-state index in [1.54, 1.807) is 7.11 Å². The van der Waals surface area contributed by atoms with Crippen molar-refractivity contribution >= 4 is 5.91 Å². The molecule has 4 rings (SSSR count). The summed E-state index contributed by atoms with van der Waals surface area (Å²) >= 11 is 0. The lowest BCUT2D eigenvalue weighted by molar-refractivity contribution is 0.0937. The van der Waals surface area contributed by atoms with E-state index in [-0.39, 0.29) is 11.9 Å². The molecule has 5 nitrogen and oxygen atoms in total. The molecule has 2 aliphatic rings. The summed E-state index contributed by atoms with van der Waals surface area (Å²) in [5.41, 5.74) is 3.10. The van der Waals surface area contributed by atoms with Crippen LogP contribution in [-0.4, -0.2) is 55.5 Å². The Labute approximate surface area is 180 Å². The largest absolute Gasteiger partial charge is 0.496 e. The zero-order valence-corrected chi connectivity index (χ0v) is 18.0. The molecule has 2 aromatic rings. The normalized spacial score (nSPS) is 18.4. The second-order valence-electron chi connectivity index (χ2n) is 8.39. The number of ether oxygens (including phenoxy) is 1. The highest BCUT2D eigenvalue weighted by Crippen LogP contribution is 2.31. The van der Waals surface area contributed by atoms with Gasteiger partial charge in [-0.3, -0.25) is 14.6 Å². The highest BCUT2D eigenvalue weighted by Gasteiger charge is 2.26. The molecule has 1 N–H and O–H groups in total. The Morgan fingerprint density at radius 2 is 1.73 bits per heavy atom. The van der Waals surface area contributed by atoms with E-state index in [1.165, 1.54) is 31.2 Å². The first-order valence-electron chi connectivity index (χ1n) is 11.2. The van der Waals surface area contributed by atoms with Gasteiger partial charge in [-0.2, -0.15) is 0 Å². The van der Waals surface area contributed by atoms with Crippen LogP contribution in [0.4, 0.5) is 0 Å². The number of likely N-dealkylation sites (tertiary alicyclic amines) is 2. The molecule has 2 aromatic carbocycles. The first-order chi connectivity index (χ1) is 14.7. The van der Waals surface area contributed by atoms with Crippen molar-refractivity contribution < 1.29 is 9.53 Å². The second kappa shape index (κ2) is 10.1. The third-order valence-electron chi connectivity index (χ3n) is 6.33. The maximum absolute atomic E-state index is 13.0. The fourth-order valence-electron chi connectivity index (χ4n) is 4.73. The molecule has 30 heavy (non-hydrogen) atoms. The topological polar surface area (TPSA) is 44.8 Å². The number of hydrogen-bond acceptors (Lipinski definition) is 4. The molecule has 160 valence electrons. The highest BCUT2D eigenvalue weighted by atomic mass is 16.5. The van der Waals surface area contributed by atoms with Crippen molar-refractivity contribution in [1.82, 2.24) is 15.1 Å². The molecule has 0 bridgehead atoms. The SMILES string of the molecule is COc1ccccc1C(CNC(=O)c1cccc(CN2CCCC2)c1)N1CCCC1. The van der Waals surface area contributed by atoms with Crippen LogP contribution in [0, 0.1) is 0 Å². The van der Waals surface area contributed by atoms with Gasteiger partial charge < -0.3 is 10.1 Å². The van der Waals surface area contributed by atoms with Gasteiger partial charge in [0.25, 0.3) is 5.91 Å². The van der Waals surface area contributed by atoms with Gasteiger partial charge >= 0.3 is 0 Å². The predicted molar refractivity (Wildman–Crippen MR) is 120 cm³/mol. The van der Waals surface area contributed by atoms with Crippen LogP contribution >= 0.6 is 0 Å². The minimum absolute atomic E-state index is 0.00244. The van der Waals surface area contributed by atoms with E-state index in [9.17, 15) is 4.79 Å². The van der Waals surface area contributed by atoms with Crippen molar-refractivity contribution in [1.29, 1.82) is 0 Å². The van der Waals surface area contributed by atoms with E-state index in [1.807, 2.05) is 36.4 Å². The minimum Gasteiger partial charge on any atom is -0.496 e. The molecule has 2 aliphatic heterocycles. The number of nitrogens with zero attached hydrogens (tertiary/aromatic N) is 2. The molecule has 0 radical (unpaired) electrons. The Morgan fingerprint density at radius 3 is 2.50 bits per heavy atom. The van der Waals surface area contributed by atoms with Gasteiger partial charge in [-0.25, -0.2) is 0 Å². The number of carbonyl (C=O) groups is 1. The molecule has 5 heteroatoms. The summed E-state index contributed by atoms with van der Waals surface area (Å²) in [4.78, 5) is 17.9. The fraction of sp³-hybridized carbons (Fsp3) is 0.480. The molecule has 0 spiro atoms. The van der Waals surface area contributed by atoms with Crippen molar-refractivity contribution in [2.24, 2.45) is 0 Å². The maximum Gasteiger partial charge on any atom is 0.251 e. The van der Waals surface area contributed by atoms with Crippen LogP contribution in [0.2, 0.25) is 0 Å². The molecular weight excluding hydrogens is 374 g/mol. The highest BCUT2D eigenvalue weighted by molar-refractivity contribution is 5.94. The van der Waals surface area contributed by atoms with Crippen molar-refractivity contribution in [2.75, 3.05) is 39.8 Å². The molecule has 2 fully saturated rings. The number of benzene rings is 2. The molecule has 1 amide bonds. The summed E-state index contributed by atoms with van der Waals surface area (Å²) in [7, 11) is 1.71. The summed E-state index contributed by atoms with van der Waals surface area (Å²) in [6.07, 6.45) is 4.97. The average Bonchev–Trinajstić information content (AvgIpc) is 3.49. The molecule has 1 unspecified atom stereocenters. The lowest BCUT2D eigenvalue weighted by atomic mass is 10.0. The van der Waals surface area contributed by atoms with Gasteiger partial charge in [-0.05, 0) is 75.6 Å². The number of para-hydroxylation sites is 1. The molecular formula is C25H33N3O2. The molecule has 1 atom stereocenters. The van der Waals surface area contributed by atoms with Crippen molar-refractivity contribution in [3.05, 3.63) is 65.2 Å². The van der Waals surface area contributed by atoms with Gasteiger partial charge in [0.2, 0.25) is 0 Å². The van der Waals surface area contributed by atoms with E-state index >= 15 is 0 Å². The van der Waals surface area contributed by atoms with Gasteiger partial charge in [0, 0.05) is 24.2 Å². The summed E-state index contributed by atoms with van der Waals surface area (Å²) in [5, 5.41) is 3.20. The van der Waals surface area contributed by atoms with Crippen molar-refractivity contribution in [3.8, 4) is 5.75 Å². The van der Waals surface area contributed by atoms with Crippen molar-refractivity contribution in [2.45, 2.75) is 38.3 Å². The standard InChI is InChI=1S/C25H33N3O2/c1-30-24-12-3-2-11-22(24)23(28-15-6-7-16-28)18-26-25(29)21-10-8-9-20(17-21)19-27-13-4-5-14-27/h2-3,8-12,17,23H,4-7,13-16,18-19H2,1H3,(H,26,29). The Balaban J connectivity index is 1.45. The van der Waals surface area contributed by atoms with Gasteiger partial charge in [-0.15, -0.1) is 0 Å². The summed E-state index contributed by atoms with van der Waals surface area (Å²) in [6.45, 7) is 5.95. The molecule has 0 aliphatic carbocycles. The maximum atomic E-state index is 13.0. The summed E-state index contributed by atoms with van der Waals surface area (Å²) < 4.78 is 5.61. The van der Waals surface area contributed by atoms with Gasteiger partial charge in [0.05, 0.1) is 13.2 Å². The van der Waals surface area contributed by atoms with E-state index in [2.05, 4.69) is 27.2 Å². The van der Waals surface area contributed by atoms with Crippen LogP contribution in [0.15, 0.2) is 48.5 Å². The quantitative estimate of drug-likeness (QED) is 0.722. The van der Waals surface area contributed by atoms with Gasteiger partial charge in [0.15, 0.2) is 0 Å². The van der Waals surface area contributed by atoms with Crippen LogP contribution in [0.5, 0.6) is 5.75 Å². The van der Waals surface area contributed by atoms with Crippen LogP contribution < -0.4 is 10.1 Å². The Hall–Kier alpha value is -2.37. The predicted octanol–water partition coefficient (Wildman–Crippen LogP) is 3.86. The van der Waals surface area contributed by atoms with Crippen LogP contribution in [-0.2, 0) is 6.54 Å². The molecule has 0 aromatic heterocycles. The zero-order valence-electron chi connectivity index (χ0n) is 18.0. The molecule has 2 heterocycles. The van der Waals surface area contributed by atoms with Gasteiger partial charge in [-0.1, -0.05) is 30.3 Å². The van der Waals surface area contributed by atoms with E-state index in [0.29, 0.717) is 6.54 Å². The number of nitrogens with one attached hydrogen (secondary N) is 1. The molecule has 0 saturated carbocycles. The van der Waals surface area contributed by atoms with Crippen LogP contribution in [0.25, 0.3) is 0 Å². The number of rotatable bonds is 8. The number of methoxy groups -OCH3 is 1. The third-order valence-corrected chi connectivity index (χ3v) is 6.33. The second-order valence-corrected chi connectivity index (χ2v) is 8.39. The van der Waals surface area contributed by atoms with E-state index in [4.69, 9.17) is 4.74 Å². The first-order valence-corrected chi connectivity index (χ1v) is 11.2. The Morgan fingerprint density at radius 1 is 1.00 bits per heavy atom. The third kappa shape index (κ3) is 5.02. The van der Waals surface area contributed by atoms with E-state index in [0.717, 1.165) is 49.6 Å². The summed E-state index contributed by atoms with van der Waals surface area (Å²) in [6, 6.07) is 16.4. The van der Waals surface area contributed by atoms with Crippen molar-refractivity contribution in [3.63, 3.8) is 0 Å². The first kappa shape index (κ1) is 20.9. The minimum atomic E-state index is -0.00244. The number of carbonyl (C=O) groups excluding carboxylic acids is 1. The van der Waals surface area contributed by atoms with Crippen LogP contribution in [0.1, 0.15) is 53.2 Å². The lowest BCUT2D eigenvalue weighted by Crippen LogP contribution is -2.37. The monoisotopic (exact) mass is 407 g/mol. The Bertz CT molecular complexity index is 842. The molecule has 2 saturated heterocycles. The average molecular weight is 408 g/mol. The van der Waals surface area contributed by atoms with Crippen LogP contribution in [0.3, 0.4) is 0 Å². The number of amides is 1. The smallest absolute Gasteiger partial charge is 0.251 e. The fourth-order valence-corrected chi connectivity index (χ4v) is 4.73. The van der Waals surface area contributed by atoms with Gasteiger partial charge in [0.1, 0.15) is 5.75 Å². The number of hydrogen-bond donors (Lipinski definition) is 1. The zero-order chi connectivity index (χ0) is 20.8.